The molecule has 6 unspecified atom stereocenters. The van der Waals surface area contributed by atoms with E-state index in [0.717, 1.165) is 19.5 Å². The molecule has 6 atom stereocenters. The Balaban J connectivity index is 1.49. The summed E-state index contributed by atoms with van der Waals surface area (Å²) in [5, 5.41) is 22.8. The number of benzene rings is 1. The predicted octanol–water partition coefficient (Wildman–Crippen LogP) is 0.901. The van der Waals surface area contributed by atoms with Crippen molar-refractivity contribution in [2.75, 3.05) is 18.4 Å². The summed E-state index contributed by atoms with van der Waals surface area (Å²) >= 11 is 0. The van der Waals surface area contributed by atoms with Crippen LogP contribution in [0.2, 0.25) is 0 Å². The van der Waals surface area contributed by atoms with Gasteiger partial charge in [-0.15, -0.1) is 0 Å². The maximum Gasteiger partial charge on any atom is 0.269 e. The zero-order chi connectivity index (χ0) is 23.9. The summed E-state index contributed by atoms with van der Waals surface area (Å²) in [6, 6.07) is 4.13. The minimum absolute atomic E-state index is 0.0779. The van der Waals surface area contributed by atoms with Crippen molar-refractivity contribution < 1.29 is 19.3 Å². The van der Waals surface area contributed by atoms with Gasteiger partial charge in [-0.1, -0.05) is 13.8 Å². The molecule has 0 radical (unpaired) electrons. The molecule has 0 spiro atoms. The van der Waals surface area contributed by atoms with Gasteiger partial charge in [-0.25, -0.2) is 0 Å². The fourth-order valence-electron chi connectivity index (χ4n) is 5.30. The average Bonchev–Trinajstić information content (AvgIpc) is 2.73. The van der Waals surface area contributed by atoms with Crippen molar-refractivity contribution in [1.82, 2.24) is 20.9 Å². The third-order valence-electron chi connectivity index (χ3n) is 6.71. The lowest BCUT2D eigenvalue weighted by Gasteiger charge is -2.48. The van der Waals surface area contributed by atoms with Crippen molar-refractivity contribution in [3.05, 3.63) is 33.9 Å². The Labute approximate surface area is 191 Å². The van der Waals surface area contributed by atoms with E-state index in [9.17, 15) is 24.5 Å². The highest BCUT2D eigenvalue weighted by atomic mass is 16.6. The van der Waals surface area contributed by atoms with Crippen molar-refractivity contribution in [3.8, 4) is 0 Å². The quantitative estimate of drug-likeness (QED) is 0.387. The first kappa shape index (κ1) is 23.1. The van der Waals surface area contributed by atoms with E-state index < -0.39 is 35.1 Å². The number of nitrogens with one attached hydrogen (secondary N) is 4. The van der Waals surface area contributed by atoms with E-state index in [2.05, 4.69) is 40.0 Å². The Morgan fingerprint density at radius 2 is 1.88 bits per heavy atom. The minimum Gasteiger partial charge on any atom is -0.340 e. The summed E-state index contributed by atoms with van der Waals surface area (Å²) in [5.41, 5.74) is 0.853. The van der Waals surface area contributed by atoms with Gasteiger partial charge in [0.15, 0.2) is 0 Å². The fraction of sp³-hybridized carbons (Fsp3) is 0.591. The second kappa shape index (κ2) is 9.06. The van der Waals surface area contributed by atoms with Gasteiger partial charge >= 0.3 is 0 Å². The van der Waals surface area contributed by atoms with Crippen molar-refractivity contribution in [2.24, 2.45) is 23.7 Å². The smallest absolute Gasteiger partial charge is 0.269 e. The summed E-state index contributed by atoms with van der Waals surface area (Å²) in [5.74, 6) is -1.70. The number of nitro benzene ring substituents is 1. The number of hydrogen-bond donors (Lipinski definition) is 4. The van der Waals surface area contributed by atoms with Crippen LogP contribution in [-0.2, 0) is 14.4 Å². The van der Waals surface area contributed by atoms with Crippen LogP contribution >= 0.6 is 0 Å². The van der Waals surface area contributed by atoms with E-state index in [1.54, 1.807) is 6.92 Å². The maximum absolute atomic E-state index is 13.1. The first-order valence-electron chi connectivity index (χ1n) is 11.3. The highest BCUT2D eigenvalue weighted by Crippen LogP contribution is 2.30. The number of rotatable bonds is 4. The van der Waals surface area contributed by atoms with Crippen LogP contribution in [0.4, 0.5) is 11.4 Å². The summed E-state index contributed by atoms with van der Waals surface area (Å²) in [7, 11) is 0. The van der Waals surface area contributed by atoms with Gasteiger partial charge in [0.05, 0.1) is 22.9 Å². The Morgan fingerprint density at radius 1 is 1.18 bits per heavy atom. The van der Waals surface area contributed by atoms with E-state index in [-0.39, 0.29) is 23.9 Å². The Hall–Kier alpha value is -3.05. The second-order valence-electron chi connectivity index (χ2n) is 9.60. The molecular weight excluding hydrogens is 428 g/mol. The van der Waals surface area contributed by atoms with E-state index in [1.807, 2.05) is 0 Å². The molecule has 33 heavy (non-hydrogen) atoms. The molecule has 0 bridgehead atoms. The van der Waals surface area contributed by atoms with Crippen molar-refractivity contribution in [3.63, 3.8) is 0 Å². The molecule has 4 rings (SSSR count). The number of aryl methyl sites for hydroxylation is 1. The highest BCUT2D eigenvalue weighted by Gasteiger charge is 2.49. The summed E-state index contributed by atoms with van der Waals surface area (Å²) in [4.78, 5) is 51.3. The van der Waals surface area contributed by atoms with Crippen LogP contribution < -0.4 is 21.3 Å². The van der Waals surface area contributed by atoms with Crippen LogP contribution in [0.15, 0.2) is 18.2 Å². The van der Waals surface area contributed by atoms with Crippen LogP contribution in [0.3, 0.4) is 0 Å². The maximum atomic E-state index is 13.1. The van der Waals surface area contributed by atoms with Crippen molar-refractivity contribution in [2.45, 2.75) is 46.1 Å². The molecular formula is C22H30N6O5. The van der Waals surface area contributed by atoms with Crippen molar-refractivity contribution in [1.29, 1.82) is 0 Å². The summed E-state index contributed by atoms with van der Waals surface area (Å²) in [6.07, 6.45) is -0.0601. The van der Waals surface area contributed by atoms with E-state index in [4.69, 9.17) is 0 Å². The second-order valence-corrected chi connectivity index (χ2v) is 9.60. The Bertz CT molecular complexity index is 974. The molecule has 11 nitrogen and oxygen atoms in total. The van der Waals surface area contributed by atoms with Crippen LogP contribution in [0.5, 0.6) is 0 Å². The number of amides is 3. The fourth-order valence-corrected chi connectivity index (χ4v) is 5.30. The van der Waals surface area contributed by atoms with Crippen LogP contribution in [0, 0.1) is 40.7 Å². The molecule has 3 aliphatic rings. The summed E-state index contributed by atoms with van der Waals surface area (Å²) < 4.78 is 0. The number of likely N-dealkylation sites (tertiary alicyclic amines) is 1. The van der Waals surface area contributed by atoms with Crippen LogP contribution in [-0.4, -0.2) is 53.1 Å². The number of carbonyl (C=O) groups excluding carboxylic acids is 3. The lowest BCUT2D eigenvalue weighted by atomic mass is 9.80. The first-order chi connectivity index (χ1) is 15.6. The molecule has 3 fully saturated rings. The Kier molecular flexibility index (Phi) is 6.35. The molecule has 3 heterocycles. The molecule has 0 saturated carbocycles. The largest absolute Gasteiger partial charge is 0.340 e. The number of fused-ring (bicyclic) bond motifs is 1. The summed E-state index contributed by atoms with van der Waals surface area (Å²) in [6.45, 7) is 7.67. The van der Waals surface area contributed by atoms with Crippen LogP contribution in [0.1, 0.15) is 32.3 Å². The number of non-ortho nitro benzene ring substituents is 1. The molecule has 3 aliphatic heterocycles. The van der Waals surface area contributed by atoms with Gasteiger partial charge in [-0.2, -0.15) is 0 Å². The molecule has 0 aliphatic carbocycles. The van der Waals surface area contributed by atoms with E-state index in [1.165, 1.54) is 18.2 Å². The molecule has 4 N–H and O–H groups in total. The topological polar surface area (TPSA) is 146 Å². The van der Waals surface area contributed by atoms with Gasteiger partial charge in [-0.3, -0.25) is 34.7 Å². The van der Waals surface area contributed by atoms with Crippen molar-refractivity contribution >= 4 is 29.1 Å². The molecule has 11 heteroatoms. The number of hydrogen-bond acceptors (Lipinski definition) is 7. The minimum atomic E-state index is -0.869. The lowest BCUT2D eigenvalue weighted by molar-refractivity contribution is -0.384. The normalized spacial score (nSPS) is 32.3. The lowest BCUT2D eigenvalue weighted by Crippen LogP contribution is -2.75. The predicted molar refractivity (Wildman–Crippen MR) is 120 cm³/mol. The van der Waals surface area contributed by atoms with Gasteiger partial charge < -0.3 is 16.0 Å². The van der Waals surface area contributed by atoms with Gasteiger partial charge in [-0.05, 0) is 36.8 Å². The SMILES string of the molecule is Cc1cc([N+](=O)[O-])ccc1NC(=O)C1CC(=O)NC2NC(N3CC(C)CC(C)C3)NC(=O)C21. The Morgan fingerprint density at radius 3 is 2.52 bits per heavy atom. The monoisotopic (exact) mass is 458 g/mol. The number of piperidine rings is 2. The molecule has 1 aromatic rings. The third kappa shape index (κ3) is 4.83. The highest BCUT2D eigenvalue weighted by molar-refractivity contribution is 6.00. The number of anilines is 1. The molecule has 3 saturated heterocycles. The van der Waals surface area contributed by atoms with E-state index >= 15 is 0 Å². The molecule has 3 amide bonds. The average molecular weight is 459 g/mol. The molecule has 178 valence electrons. The number of nitro groups is 1. The van der Waals surface area contributed by atoms with Gasteiger partial charge in [0, 0.05) is 37.3 Å². The first-order valence-corrected chi connectivity index (χ1v) is 11.3. The van der Waals surface area contributed by atoms with Gasteiger partial charge in [0.25, 0.3) is 5.69 Å². The molecule has 1 aromatic carbocycles. The standard InChI is InChI=1S/C22H30N6O5/c1-11-6-12(2)10-27(9-11)22-25-19-18(21(31)26-22)15(8-17(29)24-19)20(30)23-16-5-4-14(28(32)33)7-13(16)3/h4-5,7,11-12,15,18-19,22,25H,6,8-10H2,1-3H3,(H,23,30)(H,24,29)(H,26,31). The number of carbonyl (C=O) groups is 3. The molecule has 0 aromatic heterocycles. The zero-order valence-electron chi connectivity index (χ0n) is 19.0. The van der Waals surface area contributed by atoms with E-state index in [0.29, 0.717) is 23.1 Å². The van der Waals surface area contributed by atoms with Gasteiger partial charge in [0.1, 0.15) is 6.29 Å². The number of nitrogens with zero attached hydrogens (tertiary/aromatic N) is 2. The van der Waals surface area contributed by atoms with Gasteiger partial charge in [0.2, 0.25) is 17.7 Å². The van der Waals surface area contributed by atoms with Crippen LogP contribution in [0.25, 0.3) is 0 Å². The zero-order valence-corrected chi connectivity index (χ0v) is 19.0. The third-order valence-corrected chi connectivity index (χ3v) is 6.71.